The van der Waals surface area contributed by atoms with Crippen LogP contribution in [0.1, 0.15) is 21.9 Å². The van der Waals surface area contributed by atoms with Gasteiger partial charge in [-0.25, -0.2) is 0 Å². The number of fused-ring (bicyclic) bond motifs is 11. The van der Waals surface area contributed by atoms with E-state index in [9.17, 15) is 4.79 Å². The van der Waals surface area contributed by atoms with Gasteiger partial charge in [-0.2, -0.15) is 0 Å². The van der Waals surface area contributed by atoms with Crippen molar-refractivity contribution in [3.63, 3.8) is 0 Å². The van der Waals surface area contributed by atoms with Crippen LogP contribution in [-0.4, -0.2) is 4.40 Å². The van der Waals surface area contributed by atoms with E-state index in [2.05, 4.69) is 101 Å². The van der Waals surface area contributed by atoms with Crippen LogP contribution in [-0.2, 0) is 6.42 Å². The summed E-state index contributed by atoms with van der Waals surface area (Å²) >= 11 is 1.86. The lowest BCUT2D eigenvalue weighted by atomic mass is 9.84. The number of aromatic nitrogens is 1. The first-order valence-corrected chi connectivity index (χ1v) is 16.9. The van der Waals surface area contributed by atoms with Crippen LogP contribution < -0.4 is 5.43 Å². The molecule has 0 bridgehead atoms. The Morgan fingerprint density at radius 3 is 2.30 bits per heavy atom. The van der Waals surface area contributed by atoms with Crippen molar-refractivity contribution >= 4 is 87.5 Å². The van der Waals surface area contributed by atoms with Crippen molar-refractivity contribution in [3.05, 3.63) is 154 Å². The monoisotopic (exact) mass is 619 g/mol. The Morgan fingerprint density at radius 2 is 1.38 bits per heavy atom. The molecule has 6 aromatic carbocycles. The maximum Gasteiger partial charge on any atom is 0.200 e. The van der Waals surface area contributed by atoms with Crippen LogP contribution in [0.5, 0.6) is 0 Å². The van der Waals surface area contributed by atoms with Crippen molar-refractivity contribution in [2.45, 2.75) is 12.3 Å². The van der Waals surface area contributed by atoms with Crippen LogP contribution in [0.2, 0.25) is 0 Å². The number of thiophene rings is 1. The Labute approximate surface area is 272 Å². The van der Waals surface area contributed by atoms with Gasteiger partial charge in [-0.1, -0.05) is 91.0 Å². The molecule has 4 heteroatoms. The summed E-state index contributed by atoms with van der Waals surface area (Å²) in [6, 6.07) is 42.5. The van der Waals surface area contributed by atoms with Crippen LogP contribution in [0.3, 0.4) is 0 Å². The predicted molar refractivity (Wildman–Crippen MR) is 197 cm³/mol. The minimum absolute atomic E-state index is 0.0118. The first-order chi connectivity index (χ1) is 23.2. The van der Waals surface area contributed by atoms with Crippen molar-refractivity contribution in [1.29, 1.82) is 0 Å². The van der Waals surface area contributed by atoms with E-state index in [1.54, 1.807) is 0 Å². The van der Waals surface area contributed by atoms with Crippen molar-refractivity contribution in [2.24, 2.45) is 0 Å². The summed E-state index contributed by atoms with van der Waals surface area (Å²) in [6.07, 6.45) is 5.67. The lowest BCUT2D eigenvalue weighted by molar-refractivity contribution is 0.660. The zero-order valence-electron chi connectivity index (χ0n) is 25.2. The van der Waals surface area contributed by atoms with E-state index < -0.39 is 0 Å². The summed E-state index contributed by atoms with van der Waals surface area (Å²) in [7, 11) is 0. The SMILES string of the molecule is O=c1c2ccccc2oc2cc(-c3cccc4sc5c(c34)C[C@@H](c3cccc4c6cccc7c8ccccc8n(c34)c76)C=C5)ccc12. The molecular formula is C43H25NO2S. The Bertz CT molecular complexity index is 3030. The van der Waals surface area contributed by atoms with Crippen molar-refractivity contribution < 1.29 is 4.42 Å². The van der Waals surface area contributed by atoms with Gasteiger partial charge < -0.3 is 8.82 Å². The molecule has 47 heavy (non-hydrogen) atoms. The summed E-state index contributed by atoms with van der Waals surface area (Å²) in [4.78, 5) is 14.6. The standard InChI is InChI=1S/C43H25NO2S/c45-43-32-9-2-4-16-36(32)46-37-23-25(18-20-33(37)43)26-10-7-17-39-40(26)34-22-24(19-21-38(34)47-39)27-11-5-13-30-31-14-6-12-29-28-8-1-3-15-35(28)44(41(27)30)42(29)31/h1-21,23-24H,22H2/t24-/m0/s1. The normalized spacial score (nSPS) is 14.9. The van der Waals surface area contributed by atoms with E-state index in [-0.39, 0.29) is 11.3 Å². The highest BCUT2D eigenvalue weighted by Gasteiger charge is 2.26. The largest absolute Gasteiger partial charge is 0.456 e. The third-order valence-electron chi connectivity index (χ3n) is 10.3. The molecule has 0 spiro atoms. The molecule has 0 amide bonds. The Kier molecular flexibility index (Phi) is 4.98. The van der Waals surface area contributed by atoms with Gasteiger partial charge in [0.05, 0.1) is 27.3 Å². The fourth-order valence-corrected chi connectivity index (χ4v) is 9.45. The molecule has 10 aromatic rings. The third kappa shape index (κ3) is 3.38. The number of hydrogen-bond donors (Lipinski definition) is 0. The summed E-state index contributed by atoms with van der Waals surface area (Å²) in [6.45, 7) is 0. The van der Waals surface area contributed by atoms with Crippen LogP contribution >= 0.6 is 11.3 Å². The topological polar surface area (TPSA) is 34.6 Å². The van der Waals surface area contributed by atoms with Crippen LogP contribution in [0.15, 0.2) is 137 Å². The highest BCUT2D eigenvalue weighted by atomic mass is 32.1. The maximum atomic E-state index is 13.3. The van der Waals surface area contributed by atoms with Crippen molar-refractivity contribution in [2.75, 3.05) is 0 Å². The van der Waals surface area contributed by atoms with Gasteiger partial charge in [-0.15, -0.1) is 11.3 Å². The van der Waals surface area contributed by atoms with E-state index in [4.69, 9.17) is 4.42 Å². The van der Waals surface area contributed by atoms with E-state index in [0.29, 0.717) is 21.9 Å². The van der Waals surface area contributed by atoms with Gasteiger partial charge in [0.15, 0.2) is 0 Å². The zero-order valence-corrected chi connectivity index (χ0v) is 26.0. The molecule has 3 nitrogen and oxygen atoms in total. The Balaban J connectivity index is 1.11. The van der Waals surface area contributed by atoms with Gasteiger partial charge in [0.1, 0.15) is 11.2 Å². The van der Waals surface area contributed by atoms with E-state index in [1.165, 1.54) is 69.7 Å². The number of allylic oxidation sites excluding steroid dienone is 1. The second-order valence-corrected chi connectivity index (χ2v) is 13.8. The molecule has 0 N–H and O–H groups in total. The zero-order chi connectivity index (χ0) is 30.8. The van der Waals surface area contributed by atoms with Gasteiger partial charge >= 0.3 is 0 Å². The molecule has 4 heterocycles. The smallest absolute Gasteiger partial charge is 0.200 e. The van der Waals surface area contributed by atoms with Crippen molar-refractivity contribution in [1.82, 2.24) is 4.40 Å². The second kappa shape index (κ2) is 9.18. The molecule has 0 radical (unpaired) electrons. The van der Waals surface area contributed by atoms with Gasteiger partial charge in [0.25, 0.3) is 0 Å². The average molecular weight is 620 g/mol. The summed E-state index contributed by atoms with van der Waals surface area (Å²) in [5.74, 6) is 0.231. The fourth-order valence-electron chi connectivity index (χ4n) is 8.28. The molecule has 1 atom stereocenters. The third-order valence-corrected chi connectivity index (χ3v) is 11.5. The highest BCUT2D eigenvalue weighted by molar-refractivity contribution is 7.20. The summed E-state index contributed by atoms with van der Waals surface area (Å²) in [5, 5.41) is 7.77. The van der Waals surface area contributed by atoms with Gasteiger partial charge in [-0.3, -0.25) is 4.79 Å². The van der Waals surface area contributed by atoms with Gasteiger partial charge in [0, 0.05) is 42.4 Å². The molecule has 0 fully saturated rings. The van der Waals surface area contributed by atoms with Gasteiger partial charge in [-0.05, 0) is 71.1 Å². The predicted octanol–water partition coefficient (Wildman–Crippen LogP) is 11.3. The lowest BCUT2D eigenvalue weighted by Crippen LogP contribution is -2.06. The van der Waals surface area contributed by atoms with Crippen LogP contribution in [0.25, 0.3) is 87.3 Å². The fraction of sp³-hybridized carbons (Fsp3) is 0.0465. The van der Waals surface area contributed by atoms with Crippen LogP contribution in [0.4, 0.5) is 0 Å². The quantitative estimate of drug-likeness (QED) is 0.180. The maximum absolute atomic E-state index is 13.3. The Hall–Kier alpha value is -5.71. The molecule has 0 saturated heterocycles. The molecule has 0 saturated carbocycles. The molecular weight excluding hydrogens is 595 g/mol. The number of nitrogens with zero attached hydrogens (tertiary/aromatic N) is 1. The van der Waals surface area contributed by atoms with Gasteiger partial charge in [0.2, 0.25) is 5.43 Å². The number of hydrogen-bond acceptors (Lipinski definition) is 3. The summed E-state index contributed by atoms with van der Waals surface area (Å²) < 4.78 is 10.1. The summed E-state index contributed by atoms with van der Waals surface area (Å²) in [5.41, 5.74) is 10.1. The minimum Gasteiger partial charge on any atom is -0.456 e. The molecule has 1 aliphatic rings. The molecule has 220 valence electrons. The first kappa shape index (κ1) is 25.5. The number of para-hydroxylation sites is 4. The van der Waals surface area contributed by atoms with E-state index >= 15 is 0 Å². The number of benzene rings is 6. The lowest BCUT2D eigenvalue weighted by Gasteiger charge is -2.20. The Morgan fingerprint density at radius 1 is 0.660 bits per heavy atom. The van der Waals surface area contributed by atoms with E-state index in [1.807, 2.05) is 47.7 Å². The first-order valence-electron chi connectivity index (χ1n) is 16.1. The van der Waals surface area contributed by atoms with Crippen LogP contribution in [0, 0.1) is 0 Å². The molecule has 11 rings (SSSR count). The van der Waals surface area contributed by atoms with E-state index in [0.717, 1.165) is 12.0 Å². The molecule has 0 unspecified atom stereocenters. The van der Waals surface area contributed by atoms with Crippen molar-refractivity contribution in [3.8, 4) is 11.1 Å². The average Bonchev–Trinajstić information content (AvgIpc) is 3.78. The minimum atomic E-state index is 0.0118. The molecule has 4 aromatic heterocycles. The molecule has 1 aliphatic carbocycles. The highest BCUT2D eigenvalue weighted by Crippen LogP contribution is 2.47. The molecule has 0 aliphatic heterocycles. The number of rotatable bonds is 2. The second-order valence-electron chi connectivity index (χ2n) is 12.7.